The third kappa shape index (κ3) is 3.88. The van der Waals surface area contributed by atoms with E-state index in [9.17, 15) is 19.2 Å². The Balaban J connectivity index is 2.16. The van der Waals surface area contributed by atoms with Crippen LogP contribution in [0.2, 0.25) is 0 Å². The van der Waals surface area contributed by atoms with Crippen molar-refractivity contribution in [3.8, 4) is 0 Å². The van der Waals surface area contributed by atoms with Crippen molar-refractivity contribution in [1.29, 1.82) is 0 Å². The molecular formula is C15H22N4O4. The zero-order valence-electron chi connectivity index (χ0n) is 13.4. The summed E-state index contributed by atoms with van der Waals surface area (Å²) in [6.45, 7) is 2.97. The molecule has 23 heavy (non-hydrogen) atoms. The minimum absolute atomic E-state index is 0.0616. The minimum Gasteiger partial charge on any atom is -0.342 e. The summed E-state index contributed by atoms with van der Waals surface area (Å²) in [6.07, 6.45) is 3.53. The molecule has 1 saturated heterocycles. The van der Waals surface area contributed by atoms with Crippen molar-refractivity contribution in [2.45, 2.75) is 38.6 Å². The predicted molar refractivity (Wildman–Crippen MR) is 84.1 cm³/mol. The quantitative estimate of drug-likeness (QED) is 0.759. The molecule has 1 aromatic rings. The van der Waals surface area contributed by atoms with Crippen molar-refractivity contribution in [3.63, 3.8) is 0 Å². The molecule has 0 bridgehead atoms. The highest BCUT2D eigenvalue weighted by Crippen LogP contribution is 2.17. The van der Waals surface area contributed by atoms with Crippen molar-refractivity contribution < 1.29 is 9.59 Å². The average Bonchev–Trinajstić information content (AvgIpc) is 2.51. The lowest BCUT2D eigenvalue weighted by Crippen LogP contribution is -2.58. The second kappa shape index (κ2) is 7.26. The molecule has 1 aliphatic rings. The molecule has 8 heteroatoms. The Kier molecular flexibility index (Phi) is 5.36. The van der Waals surface area contributed by atoms with Gasteiger partial charge in [0, 0.05) is 31.9 Å². The number of carbonyl (C=O) groups excluding carboxylic acids is 2. The maximum Gasteiger partial charge on any atom is 0.325 e. The van der Waals surface area contributed by atoms with Crippen LogP contribution in [0.15, 0.2) is 15.8 Å². The third-order valence-electron chi connectivity index (χ3n) is 4.10. The SMILES string of the molecule is CCCC[C@@H]1C(=O)N(C)CCN1C(=O)Cc1c[nH]c(=O)[nH]c1=O. The van der Waals surface area contributed by atoms with Crippen LogP contribution in [0, 0.1) is 0 Å². The van der Waals surface area contributed by atoms with Gasteiger partial charge in [-0.05, 0) is 6.42 Å². The number of hydrogen-bond acceptors (Lipinski definition) is 4. The van der Waals surface area contributed by atoms with E-state index >= 15 is 0 Å². The smallest absolute Gasteiger partial charge is 0.325 e. The summed E-state index contributed by atoms with van der Waals surface area (Å²) < 4.78 is 0. The first kappa shape index (κ1) is 17.0. The van der Waals surface area contributed by atoms with E-state index < -0.39 is 17.3 Å². The van der Waals surface area contributed by atoms with Crippen LogP contribution in [0.5, 0.6) is 0 Å². The van der Waals surface area contributed by atoms with Gasteiger partial charge < -0.3 is 14.8 Å². The van der Waals surface area contributed by atoms with Crippen molar-refractivity contribution in [2.75, 3.05) is 20.1 Å². The van der Waals surface area contributed by atoms with Crippen LogP contribution in [0.25, 0.3) is 0 Å². The van der Waals surface area contributed by atoms with Crippen LogP contribution in [0.1, 0.15) is 31.7 Å². The number of nitrogens with one attached hydrogen (secondary N) is 2. The third-order valence-corrected chi connectivity index (χ3v) is 4.10. The number of H-pyrrole nitrogens is 2. The Bertz CT molecular complexity index is 693. The van der Waals surface area contributed by atoms with Crippen molar-refractivity contribution in [3.05, 3.63) is 32.6 Å². The highest BCUT2D eigenvalue weighted by Gasteiger charge is 2.35. The molecule has 1 aliphatic heterocycles. The summed E-state index contributed by atoms with van der Waals surface area (Å²) in [5.74, 6) is -0.335. The lowest BCUT2D eigenvalue weighted by molar-refractivity contribution is -0.150. The molecule has 1 fully saturated rings. The molecule has 2 heterocycles. The molecule has 2 rings (SSSR count). The number of hydrogen-bond donors (Lipinski definition) is 2. The van der Waals surface area contributed by atoms with Gasteiger partial charge in [0.15, 0.2) is 0 Å². The van der Waals surface area contributed by atoms with Gasteiger partial charge in [-0.25, -0.2) is 4.79 Å². The molecule has 0 saturated carbocycles. The number of nitrogens with zero attached hydrogens (tertiary/aromatic N) is 2. The largest absolute Gasteiger partial charge is 0.342 e. The van der Waals surface area contributed by atoms with Gasteiger partial charge in [0.05, 0.1) is 6.42 Å². The average molecular weight is 322 g/mol. The normalized spacial score (nSPS) is 18.3. The maximum atomic E-state index is 12.5. The number of aromatic nitrogens is 2. The number of amides is 2. The van der Waals surface area contributed by atoms with Gasteiger partial charge in [-0.1, -0.05) is 19.8 Å². The first-order chi connectivity index (χ1) is 10.9. The standard InChI is InChI=1S/C15H22N4O4/c1-3-4-5-11-14(22)18(2)6-7-19(11)12(20)8-10-9-16-15(23)17-13(10)21/h9,11H,3-8H2,1-2H3,(H2,16,17,21,23)/t11-/m1/s1. The molecule has 0 aliphatic carbocycles. The van der Waals surface area contributed by atoms with Crippen LogP contribution in [-0.4, -0.2) is 57.8 Å². The zero-order chi connectivity index (χ0) is 17.0. The Hall–Kier alpha value is -2.38. The summed E-state index contributed by atoms with van der Waals surface area (Å²) in [6, 6.07) is -0.469. The molecule has 2 N–H and O–H groups in total. The molecule has 126 valence electrons. The van der Waals surface area contributed by atoms with Crippen LogP contribution in [-0.2, 0) is 16.0 Å². The molecule has 0 aromatic carbocycles. The first-order valence-corrected chi connectivity index (χ1v) is 7.79. The van der Waals surface area contributed by atoms with E-state index in [-0.39, 0.29) is 23.8 Å². The molecule has 2 amide bonds. The van der Waals surface area contributed by atoms with Gasteiger partial charge in [-0.3, -0.25) is 19.4 Å². The molecule has 0 spiro atoms. The highest BCUT2D eigenvalue weighted by molar-refractivity contribution is 5.89. The number of piperazine rings is 1. The lowest BCUT2D eigenvalue weighted by Gasteiger charge is -2.39. The second-order valence-electron chi connectivity index (χ2n) is 5.78. The number of unbranched alkanes of at least 4 members (excludes halogenated alkanes) is 1. The first-order valence-electron chi connectivity index (χ1n) is 7.79. The summed E-state index contributed by atoms with van der Waals surface area (Å²) in [5, 5.41) is 0. The summed E-state index contributed by atoms with van der Waals surface area (Å²) in [5.41, 5.74) is -0.996. The van der Waals surface area contributed by atoms with E-state index in [4.69, 9.17) is 0 Å². The van der Waals surface area contributed by atoms with Crippen molar-refractivity contribution in [1.82, 2.24) is 19.8 Å². The Morgan fingerprint density at radius 3 is 2.70 bits per heavy atom. The summed E-state index contributed by atoms with van der Waals surface area (Å²) in [7, 11) is 1.73. The minimum atomic E-state index is -0.609. The van der Waals surface area contributed by atoms with E-state index in [0.717, 1.165) is 12.8 Å². The topological polar surface area (TPSA) is 106 Å². The molecule has 0 unspecified atom stereocenters. The second-order valence-corrected chi connectivity index (χ2v) is 5.78. The summed E-state index contributed by atoms with van der Waals surface area (Å²) in [4.78, 5) is 55.2. The fourth-order valence-electron chi connectivity index (χ4n) is 2.72. The molecule has 0 radical (unpaired) electrons. The van der Waals surface area contributed by atoms with Crippen LogP contribution in [0.3, 0.4) is 0 Å². The molecular weight excluding hydrogens is 300 g/mol. The summed E-state index contributed by atoms with van der Waals surface area (Å²) >= 11 is 0. The van der Waals surface area contributed by atoms with Gasteiger partial charge >= 0.3 is 5.69 Å². The van der Waals surface area contributed by atoms with Crippen LogP contribution < -0.4 is 11.2 Å². The van der Waals surface area contributed by atoms with Gasteiger partial charge in [0.2, 0.25) is 11.8 Å². The van der Waals surface area contributed by atoms with Gasteiger partial charge in [-0.2, -0.15) is 0 Å². The lowest BCUT2D eigenvalue weighted by atomic mass is 10.0. The number of likely N-dealkylation sites (N-methyl/N-ethyl adjacent to an activating group) is 1. The van der Waals surface area contributed by atoms with E-state index in [2.05, 4.69) is 9.97 Å². The van der Waals surface area contributed by atoms with Gasteiger partial charge in [0.1, 0.15) is 6.04 Å². The van der Waals surface area contributed by atoms with Crippen LogP contribution >= 0.6 is 0 Å². The Labute approximate surface area is 133 Å². The number of aromatic amines is 2. The molecule has 1 atom stereocenters. The van der Waals surface area contributed by atoms with E-state index in [0.29, 0.717) is 19.5 Å². The zero-order valence-corrected chi connectivity index (χ0v) is 13.4. The number of rotatable bonds is 5. The monoisotopic (exact) mass is 322 g/mol. The maximum absolute atomic E-state index is 12.5. The van der Waals surface area contributed by atoms with E-state index in [1.165, 1.54) is 6.20 Å². The molecule has 8 nitrogen and oxygen atoms in total. The molecule has 1 aromatic heterocycles. The number of carbonyl (C=O) groups is 2. The Morgan fingerprint density at radius 2 is 2.04 bits per heavy atom. The van der Waals surface area contributed by atoms with E-state index in [1.807, 2.05) is 6.92 Å². The van der Waals surface area contributed by atoms with Gasteiger partial charge in [0.25, 0.3) is 5.56 Å². The van der Waals surface area contributed by atoms with Gasteiger partial charge in [-0.15, -0.1) is 0 Å². The van der Waals surface area contributed by atoms with Crippen molar-refractivity contribution in [2.24, 2.45) is 0 Å². The fraction of sp³-hybridized carbons (Fsp3) is 0.600. The fourth-order valence-corrected chi connectivity index (χ4v) is 2.72. The Morgan fingerprint density at radius 1 is 1.30 bits per heavy atom. The van der Waals surface area contributed by atoms with Crippen molar-refractivity contribution >= 4 is 11.8 Å². The van der Waals surface area contributed by atoms with Crippen LogP contribution in [0.4, 0.5) is 0 Å². The highest BCUT2D eigenvalue weighted by atomic mass is 16.2. The predicted octanol–water partition coefficient (Wildman–Crippen LogP) is -0.535. The van der Waals surface area contributed by atoms with E-state index in [1.54, 1.807) is 16.8 Å².